The zero-order chi connectivity index (χ0) is 19.3. The monoisotopic (exact) mass is 379 g/mol. The predicted octanol–water partition coefficient (Wildman–Crippen LogP) is 4.45. The quantitative estimate of drug-likeness (QED) is 0.750. The molecule has 0 bridgehead atoms. The molecule has 2 aromatic rings. The fourth-order valence-corrected chi connectivity index (χ4v) is 2.92. The lowest BCUT2D eigenvalue weighted by Gasteiger charge is -2.17. The number of aliphatic imine (C=N–C) groups is 1. The maximum Gasteiger partial charge on any atom is 0.573 e. The third-order valence-corrected chi connectivity index (χ3v) is 4.25. The lowest BCUT2D eigenvalue weighted by Crippen LogP contribution is -2.17. The molecule has 0 aliphatic heterocycles. The molecule has 0 radical (unpaired) electrons. The number of aromatic nitrogens is 2. The minimum Gasteiger partial charge on any atom is -0.406 e. The molecule has 0 saturated heterocycles. The van der Waals surface area contributed by atoms with Crippen LogP contribution in [0.5, 0.6) is 5.75 Å². The first-order valence-electron chi connectivity index (χ1n) is 8.67. The number of benzene rings is 1. The van der Waals surface area contributed by atoms with Crippen LogP contribution in [-0.2, 0) is 0 Å². The van der Waals surface area contributed by atoms with Crippen molar-refractivity contribution >= 4 is 23.5 Å². The van der Waals surface area contributed by atoms with E-state index in [2.05, 4.69) is 25.0 Å². The fraction of sp³-hybridized carbons (Fsp3) is 0.389. The molecule has 6 nitrogen and oxygen atoms in total. The molecule has 1 aliphatic rings. The van der Waals surface area contributed by atoms with Gasteiger partial charge in [0, 0.05) is 17.9 Å². The number of rotatable bonds is 5. The highest BCUT2D eigenvalue weighted by Crippen LogP contribution is 2.26. The third kappa shape index (κ3) is 5.57. The minimum atomic E-state index is -4.72. The van der Waals surface area contributed by atoms with Gasteiger partial charge >= 0.3 is 6.36 Å². The minimum absolute atomic E-state index is 0.269. The van der Waals surface area contributed by atoms with Crippen molar-refractivity contribution in [2.45, 2.75) is 44.5 Å². The second kappa shape index (κ2) is 8.24. The van der Waals surface area contributed by atoms with Crippen molar-refractivity contribution in [2.75, 3.05) is 11.1 Å². The van der Waals surface area contributed by atoms with Crippen LogP contribution in [0.15, 0.2) is 35.6 Å². The molecule has 3 rings (SSSR count). The van der Waals surface area contributed by atoms with Crippen LogP contribution in [0.3, 0.4) is 0 Å². The fourth-order valence-electron chi connectivity index (χ4n) is 2.92. The third-order valence-electron chi connectivity index (χ3n) is 4.25. The smallest absolute Gasteiger partial charge is 0.406 e. The van der Waals surface area contributed by atoms with Crippen molar-refractivity contribution in [1.82, 2.24) is 9.97 Å². The van der Waals surface area contributed by atoms with Gasteiger partial charge in [0.1, 0.15) is 23.7 Å². The second-order valence-electron chi connectivity index (χ2n) is 6.29. The number of halogens is 3. The van der Waals surface area contributed by atoms with Crippen LogP contribution in [0.4, 0.5) is 30.5 Å². The van der Waals surface area contributed by atoms with E-state index in [1.807, 2.05) is 0 Å². The SMILES string of the molecule is Nc1ncnc(Nc2ccc(OC(F)(F)F)cc2)c1C=NC1CCCCC1. The summed E-state index contributed by atoms with van der Waals surface area (Å²) in [6, 6.07) is 5.62. The van der Waals surface area contributed by atoms with Gasteiger partial charge in [-0.1, -0.05) is 19.3 Å². The highest BCUT2D eigenvalue weighted by molar-refractivity contribution is 5.92. The number of alkyl halides is 3. The van der Waals surface area contributed by atoms with Crippen LogP contribution < -0.4 is 15.8 Å². The predicted molar refractivity (Wildman–Crippen MR) is 97.3 cm³/mol. The highest BCUT2D eigenvalue weighted by atomic mass is 19.4. The van der Waals surface area contributed by atoms with Crippen LogP contribution in [-0.4, -0.2) is 28.6 Å². The lowest BCUT2D eigenvalue weighted by molar-refractivity contribution is -0.274. The summed E-state index contributed by atoms with van der Waals surface area (Å²) in [5, 5.41) is 3.03. The maximum absolute atomic E-state index is 12.2. The standard InChI is InChI=1S/C18H20F3N5O/c19-18(20,21)27-14-8-6-13(7-9-14)26-17-15(16(22)24-11-25-17)10-23-12-4-2-1-3-5-12/h6-12H,1-5H2,(H3,22,24,25,26). The average Bonchev–Trinajstić information content (AvgIpc) is 2.62. The molecule has 0 amide bonds. The van der Waals surface area contributed by atoms with E-state index in [4.69, 9.17) is 5.73 Å². The van der Waals surface area contributed by atoms with E-state index >= 15 is 0 Å². The van der Waals surface area contributed by atoms with E-state index < -0.39 is 6.36 Å². The first kappa shape index (κ1) is 18.9. The van der Waals surface area contributed by atoms with E-state index in [9.17, 15) is 13.2 Å². The molecular formula is C18H20F3N5O. The van der Waals surface area contributed by atoms with Gasteiger partial charge in [0.15, 0.2) is 0 Å². The van der Waals surface area contributed by atoms with E-state index in [-0.39, 0.29) is 17.6 Å². The van der Waals surface area contributed by atoms with Crippen LogP contribution in [0.25, 0.3) is 0 Å². The maximum atomic E-state index is 12.2. The average molecular weight is 379 g/mol. The van der Waals surface area contributed by atoms with Crippen LogP contribution >= 0.6 is 0 Å². The summed E-state index contributed by atoms with van der Waals surface area (Å²) in [5.41, 5.74) is 7.05. The Morgan fingerprint density at radius 2 is 1.81 bits per heavy atom. The summed E-state index contributed by atoms with van der Waals surface area (Å²) >= 11 is 0. The molecule has 1 aromatic carbocycles. The number of hydrogen-bond acceptors (Lipinski definition) is 6. The lowest BCUT2D eigenvalue weighted by atomic mass is 9.96. The zero-order valence-electron chi connectivity index (χ0n) is 14.5. The first-order valence-corrected chi connectivity index (χ1v) is 8.67. The summed E-state index contributed by atoms with van der Waals surface area (Å²) in [4.78, 5) is 12.8. The van der Waals surface area contributed by atoms with E-state index in [0.717, 1.165) is 12.8 Å². The summed E-state index contributed by atoms with van der Waals surface area (Å²) in [6.45, 7) is 0. The van der Waals surface area contributed by atoms with Gasteiger partial charge in [0.25, 0.3) is 0 Å². The van der Waals surface area contributed by atoms with Crippen molar-refractivity contribution in [1.29, 1.82) is 0 Å². The van der Waals surface area contributed by atoms with Gasteiger partial charge in [0.05, 0.1) is 5.56 Å². The van der Waals surface area contributed by atoms with Crippen molar-refractivity contribution in [3.05, 3.63) is 36.2 Å². The van der Waals surface area contributed by atoms with E-state index in [1.54, 1.807) is 6.21 Å². The number of nitrogens with two attached hydrogens (primary N) is 1. The van der Waals surface area contributed by atoms with Gasteiger partial charge in [-0.05, 0) is 37.1 Å². The second-order valence-corrected chi connectivity index (χ2v) is 6.29. The summed E-state index contributed by atoms with van der Waals surface area (Å²) < 4.78 is 40.6. The van der Waals surface area contributed by atoms with Crippen molar-refractivity contribution < 1.29 is 17.9 Å². The molecule has 1 aromatic heterocycles. The van der Waals surface area contributed by atoms with Gasteiger partial charge in [-0.25, -0.2) is 9.97 Å². The van der Waals surface area contributed by atoms with Crippen molar-refractivity contribution in [3.8, 4) is 5.75 Å². The number of ether oxygens (including phenoxy) is 1. The highest BCUT2D eigenvalue weighted by Gasteiger charge is 2.30. The topological polar surface area (TPSA) is 85.4 Å². The largest absolute Gasteiger partial charge is 0.573 e. The number of hydrogen-bond donors (Lipinski definition) is 2. The zero-order valence-corrected chi connectivity index (χ0v) is 14.5. The van der Waals surface area contributed by atoms with Gasteiger partial charge in [-0.2, -0.15) is 0 Å². The summed E-state index contributed by atoms with van der Waals surface area (Å²) in [7, 11) is 0. The van der Waals surface area contributed by atoms with Crippen molar-refractivity contribution in [2.24, 2.45) is 4.99 Å². The van der Waals surface area contributed by atoms with Gasteiger partial charge in [0.2, 0.25) is 0 Å². The van der Waals surface area contributed by atoms with Crippen LogP contribution in [0.2, 0.25) is 0 Å². The Morgan fingerprint density at radius 3 is 2.48 bits per heavy atom. The molecule has 0 spiro atoms. The van der Waals surface area contributed by atoms with E-state index in [1.165, 1.54) is 49.9 Å². The first-order chi connectivity index (χ1) is 12.9. The Balaban J connectivity index is 1.74. The van der Waals surface area contributed by atoms with Gasteiger partial charge < -0.3 is 15.8 Å². The number of nitrogens with zero attached hydrogens (tertiary/aromatic N) is 3. The molecule has 1 fully saturated rings. The number of nitrogens with one attached hydrogen (secondary N) is 1. The molecule has 144 valence electrons. The summed E-state index contributed by atoms with van der Waals surface area (Å²) in [5.74, 6) is 0.421. The van der Waals surface area contributed by atoms with Gasteiger partial charge in [-0.15, -0.1) is 13.2 Å². The van der Waals surface area contributed by atoms with Gasteiger partial charge in [-0.3, -0.25) is 4.99 Å². The van der Waals surface area contributed by atoms with Crippen LogP contribution in [0.1, 0.15) is 37.7 Å². The molecular weight excluding hydrogens is 359 g/mol. The summed E-state index contributed by atoms with van der Waals surface area (Å²) in [6.07, 6.45) is 3.94. The Labute approximate surface area is 154 Å². The molecule has 1 saturated carbocycles. The Bertz CT molecular complexity index is 787. The number of anilines is 3. The number of nitrogen functional groups attached to an aromatic ring is 1. The Morgan fingerprint density at radius 1 is 1.11 bits per heavy atom. The Hall–Kier alpha value is -2.84. The molecule has 1 aliphatic carbocycles. The van der Waals surface area contributed by atoms with Crippen LogP contribution in [0, 0.1) is 0 Å². The normalized spacial score (nSPS) is 15.8. The molecule has 27 heavy (non-hydrogen) atoms. The molecule has 0 atom stereocenters. The molecule has 3 N–H and O–H groups in total. The molecule has 0 unspecified atom stereocenters. The van der Waals surface area contributed by atoms with Crippen molar-refractivity contribution in [3.63, 3.8) is 0 Å². The Kier molecular flexibility index (Phi) is 5.78. The van der Waals surface area contributed by atoms with E-state index in [0.29, 0.717) is 17.1 Å². The molecule has 1 heterocycles. The molecule has 9 heteroatoms.